The molecule has 162 valence electrons. The summed E-state index contributed by atoms with van der Waals surface area (Å²) in [6.07, 6.45) is 4.69. The smallest absolute Gasteiger partial charge is 0.248 e. The summed E-state index contributed by atoms with van der Waals surface area (Å²) in [5.41, 5.74) is 3.75. The number of fused-ring (bicyclic) bond motifs is 3. The second kappa shape index (κ2) is 7.96. The molecule has 1 saturated heterocycles. The number of hydrogen-bond acceptors (Lipinski definition) is 5. The summed E-state index contributed by atoms with van der Waals surface area (Å²) in [5, 5.41) is 10.5. The molecule has 1 N–H and O–H groups in total. The van der Waals surface area contributed by atoms with Crippen LogP contribution in [-0.2, 0) is 16.1 Å². The van der Waals surface area contributed by atoms with E-state index in [2.05, 4.69) is 16.0 Å². The normalized spacial score (nSPS) is 26.0. The van der Waals surface area contributed by atoms with Gasteiger partial charge in [-0.25, -0.2) is 0 Å². The molecule has 2 amide bonds. The van der Waals surface area contributed by atoms with Gasteiger partial charge in [-0.2, -0.15) is 0 Å². The van der Waals surface area contributed by atoms with Gasteiger partial charge in [0.25, 0.3) is 0 Å². The minimum atomic E-state index is -0.580. The van der Waals surface area contributed by atoms with Crippen LogP contribution in [0.3, 0.4) is 0 Å². The van der Waals surface area contributed by atoms with E-state index in [-0.39, 0.29) is 24.4 Å². The number of para-hydroxylation sites is 2. The van der Waals surface area contributed by atoms with Gasteiger partial charge in [-0.3, -0.25) is 19.5 Å². The van der Waals surface area contributed by atoms with E-state index in [0.29, 0.717) is 19.5 Å². The molecule has 31 heavy (non-hydrogen) atoms. The number of pyridine rings is 1. The standard InChI is InChI=1S/C24H28N4O3/c1-16-10-11-17(12-25-16)13-26-14-21-24(31)27(20-8-4-5-9-22(20)29)15-23(30)28(21)19-7-3-2-6-18(19)26/h2-3,6-7,10-12,20-22,29H,4-5,8-9,13-15H2,1H3. The molecule has 2 aromatic rings. The lowest BCUT2D eigenvalue weighted by Gasteiger charge is -2.49. The monoisotopic (exact) mass is 420 g/mol. The molecule has 7 nitrogen and oxygen atoms in total. The number of benzene rings is 1. The minimum Gasteiger partial charge on any atom is -0.391 e. The predicted octanol–water partition coefficient (Wildman–Crippen LogP) is 2.26. The first-order valence-electron chi connectivity index (χ1n) is 11.1. The van der Waals surface area contributed by atoms with Gasteiger partial charge in [0.1, 0.15) is 12.6 Å². The van der Waals surface area contributed by atoms with Crippen molar-refractivity contribution in [2.45, 2.75) is 57.3 Å². The third-order valence-corrected chi connectivity index (χ3v) is 6.77. The molecular formula is C24H28N4O3. The van der Waals surface area contributed by atoms with Gasteiger partial charge in [-0.15, -0.1) is 0 Å². The van der Waals surface area contributed by atoms with Crippen molar-refractivity contribution in [1.29, 1.82) is 0 Å². The first-order valence-corrected chi connectivity index (χ1v) is 11.1. The highest BCUT2D eigenvalue weighted by Gasteiger charge is 2.47. The molecule has 1 aromatic carbocycles. The summed E-state index contributed by atoms with van der Waals surface area (Å²) in [6, 6.07) is 11.0. The molecule has 0 spiro atoms. The van der Waals surface area contributed by atoms with Gasteiger partial charge in [0.2, 0.25) is 11.8 Å². The Hall–Kier alpha value is -2.93. The maximum Gasteiger partial charge on any atom is 0.248 e. The van der Waals surface area contributed by atoms with Gasteiger partial charge in [0.05, 0.1) is 23.5 Å². The summed E-state index contributed by atoms with van der Waals surface area (Å²) in [7, 11) is 0. The quantitative estimate of drug-likeness (QED) is 0.824. The Morgan fingerprint density at radius 3 is 2.58 bits per heavy atom. The van der Waals surface area contributed by atoms with Crippen LogP contribution in [0, 0.1) is 6.92 Å². The SMILES string of the molecule is Cc1ccc(CN2CC3C(=O)N(C4CCCCC4O)CC(=O)N3c3ccccc32)cn1. The minimum absolute atomic E-state index is 0.0350. The van der Waals surface area contributed by atoms with Crippen molar-refractivity contribution >= 4 is 23.2 Å². The second-order valence-corrected chi connectivity index (χ2v) is 8.84. The van der Waals surface area contributed by atoms with Crippen molar-refractivity contribution < 1.29 is 14.7 Å². The molecule has 0 radical (unpaired) electrons. The molecule has 7 heteroatoms. The maximum absolute atomic E-state index is 13.6. The zero-order valence-corrected chi connectivity index (χ0v) is 17.8. The molecule has 2 fully saturated rings. The molecular weight excluding hydrogens is 392 g/mol. The van der Waals surface area contributed by atoms with Crippen molar-refractivity contribution in [1.82, 2.24) is 9.88 Å². The Kier molecular flexibility index (Phi) is 5.14. The Labute approximate surface area is 182 Å². The summed E-state index contributed by atoms with van der Waals surface area (Å²) in [4.78, 5) is 36.7. The van der Waals surface area contributed by atoms with Gasteiger partial charge in [-0.05, 0) is 43.5 Å². The fourth-order valence-corrected chi connectivity index (χ4v) is 5.18. The first-order chi connectivity index (χ1) is 15.0. The van der Waals surface area contributed by atoms with Crippen molar-refractivity contribution in [3.05, 3.63) is 53.9 Å². The van der Waals surface area contributed by atoms with E-state index in [1.165, 1.54) is 0 Å². The van der Waals surface area contributed by atoms with E-state index >= 15 is 0 Å². The number of piperazine rings is 1. The number of carbonyl (C=O) groups excluding carboxylic acids is 2. The predicted molar refractivity (Wildman–Crippen MR) is 118 cm³/mol. The van der Waals surface area contributed by atoms with Crippen molar-refractivity contribution in [2.75, 3.05) is 22.9 Å². The average Bonchev–Trinajstić information content (AvgIpc) is 2.78. The molecule has 5 rings (SSSR count). The van der Waals surface area contributed by atoms with Gasteiger partial charge < -0.3 is 14.9 Å². The molecule has 3 aliphatic rings. The third-order valence-electron chi connectivity index (χ3n) is 6.77. The van der Waals surface area contributed by atoms with Gasteiger partial charge in [-0.1, -0.05) is 31.0 Å². The second-order valence-electron chi connectivity index (χ2n) is 8.84. The average molecular weight is 421 g/mol. The van der Waals surface area contributed by atoms with E-state index in [4.69, 9.17) is 0 Å². The van der Waals surface area contributed by atoms with Crippen LogP contribution in [0.4, 0.5) is 11.4 Å². The Bertz CT molecular complexity index is 993. The number of aromatic nitrogens is 1. The van der Waals surface area contributed by atoms with Crippen LogP contribution in [-0.4, -0.2) is 58.1 Å². The lowest BCUT2D eigenvalue weighted by Crippen LogP contribution is -2.68. The Balaban J connectivity index is 1.47. The molecule has 1 aromatic heterocycles. The van der Waals surface area contributed by atoms with Crippen LogP contribution < -0.4 is 9.80 Å². The zero-order valence-electron chi connectivity index (χ0n) is 17.8. The van der Waals surface area contributed by atoms with Gasteiger partial charge in [0, 0.05) is 25.0 Å². The first kappa shape index (κ1) is 20.0. The number of amides is 2. The summed E-state index contributed by atoms with van der Waals surface area (Å²) >= 11 is 0. The molecule has 3 unspecified atom stereocenters. The lowest BCUT2D eigenvalue weighted by atomic mass is 9.89. The number of rotatable bonds is 3. The summed E-state index contributed by atoms with van der Waals surface area (Å²) in [6.45, 7) is 3.03. The van der Waals surface area contributed by atoms with Crippen LogP contribution in [0.25, 0.3) is 0 Å². The topological polar surface area (TPSA) is 77.0 Å². The molecule has 3 heterocycles. The van der Waals surface area contributed by atoms with Crippen LogP contribution >= 0.6 is 0 Å². The van der Waals surface area contributed by atoms with Crippen LogP contribution in [0.1, 0.15) is 36.9 Å². The van der Waals surface area contributed by atoms with Crippen molar-refractivity contribution in [2.24, 2.45) is 0 Å². The van der Waals surface area contributed by atoms with Crippen LogP contribution in [0.15, 0.2) is 42.6 Å². The molecule has 1 saturated carbocycles. The number of aliphatic hydroxyl groups excluding tert-OH is 1. The summed E-state index contributed by atoms with van der Waals surface area (Å²) < 4.78 is 0. The highest BCUT2D eigenvalue weighted by molar-refractivity contribution is 6.09. The van der Waals surface area contributed by atoms with Crippen molar-refractivity contribution in [3.8, 4) is 0 Å². The van der Waals surface area contributed by atoms with E-state index in [1.807, 2.05) is 43.5 Å². The number of nitrogens with zero attached hydrogens (tertiary/aromatic N) is 4. The lowest BCUT2D eigenvalue weighted by molar-refractivity contribution is -0.147. The number of carbonyl (C=O) groups is 2. The molecule has 3 atom stereocenters. The number of anilines is 2. The highest BCUT2D eigenvalue weighted by atomic mass is 16.3. The van der Waals surface area contributed by atoms with Crippen LogP contribution in [0.2, 0.25) is 0 Å². The van der Waals surface area contributed by atoms with E-state index in [0.717, 1.165) is 41.9 Å². The third kappa shape index (κ3) is 3.57. The summed E-state index contributed by atoms with van der Waals surface area (Å²) in [5.74, 6) is -0.140. The van der Waals surface area contributed by atoms with E-state index < -0.39 is 12.1 Å². The highest BCUT2D eigenvalue weighted by Crippen LogP contribution is 2.39. The van der Waals surface area contributed by atoms with Crippen LogP contribution in [0.5, 0.6) is 0 Å². The van der Waals surface area contributed by atoms with E-state index in [1.54, 1.807) is 9.80 Å². The maximum atomic E-state index is 13.6. The van der Waals surface area contributed by atoms with E-state index in [9.17, 15) is 14.7 Å². The van der Waals surface area contributed by atoms with Crippen molar-refractivity contribution in [3.63, 3.8) is 0 Å². The van der Waals surface area contributed by atoms with Gasteiger partial charge >= 0.3 is 0 Å². The van der Waals surface area contributed by atoms with Gasteiger partial charge in [0.15, 0.2) is 0 Å². The number of aliphatic hydroxyl groups is 1. The fourth-order valence-electron chi connectivity index (χ4n) is 5.18. The fraction of sp³-hybridized carbons (Fsp3) is 0.458. The largest absolute Gasteiger partial charge is 0.391 e. The molecule has 0 bridgehead atoms. The Morgan fingerprint density at radius 2 is 1.84 bits per heavy atom. The number of hydrogen-bond donors (Lipinski definition) is 1. The number of aryl methyl sites for hydroxylation is 1. The molecule has 1 aliphatic carbocycles. The zero-order chi connectivity index (χ0) is 21.5. The Morgan fingerprint density at radius 1 is 1.06 bits per heavy atom. The molecule has 2 aliphatic heterocycles.